The summed E-state index contributed by atoms with van der Waals surface area (Å²) in [5.41, 5.74) is 1.06. The third kappa shape index (κ3) is 7.07. The van der Waals surface area contributed by atoms with Crippen molar-refractivity contribution in [1.82, 2.24) is 20.8 Å². The van der Waals surface area contributed by atoms with Gasteiger partial charge in [-0.1, -0.05) is 22.8 Å². The monoisotopic (exact) mass is 479 g/mol. The zero-order valence-electron chi connectivity index (χ0n) is 14.5. The molecule has 0 aliphatic heterocycles. The van der Waals surface area contributed by atoms with Crippen LogP contribution in [0.4, 0.5) is 0 Å². The Kier molecular flexibility index (Phi) is 9.58. The Bertz CT molecular complexity index is 693. The van der Waals surface area contributed by atoms with Gasteiger partial charge in [-0.05, 0) is 31.0 Å². The second-order valence-electron chi connectivity index (χ2n) is 5.12. The number of methoxy groups -OCH3 is 1. The van der Waals surface area contributed by atoms with E-state index in [-0.39, 0.29) is 24.0 Å². The van der Waals surface area contributed by atoms with Crippen molar-refractivity contribution >= 4 is 41.5 Å². The summed E-state index contributed by atoms with van der Waals surface area (Å²) in [5.74, 6) is 2.73. The lowest BCUT2D eigenvalue weighted by Crippen LogP contribution is -2.39. The van der Waals surface area contributed by atoms with E-state index >= 15 is 0 Å². The van der Waals surface area contributed by atoms with Crippen molar-refractivity contribution in [3.63, 3.8) is 0 Å². The molecule has 0 unspecified atom stereocenters. The van der Waals surface area contributed by atoms with Gasteiger partial charge in [0.25, 0.3) is 0 Å². The largest absolute Gasteiger partial charge is 0.497 e. The molecule has 0 radical (unpaired) electrons. The number of guanidine groups is 1. The lowest BCUT2D eigenvalue weighted by atomic mass is 10.1. The molecule has 138 valence electrons. The van der Waals surface area contributed by atoms with E-state index in [2.05, 4.69) is 25.8 Å². The summed E-state index contributed by atoms with van der Waals surface area (Å²) in [7, 11) is 3.35. The molecule has 7 nitrogen and oxygen atoms in total. The highest BCUT2D eigenvalue weighted by molar-refractivity contribution is 14.0. The van der Waals surface area contributed by atoms with Crippen molar-refractivity contribution in [2.45, 2.75) is 19.8 Å². The molecular weight excluding hydrogens is 457 g/mol. The molecule has 0 bridgehead atoms. The van der Waals surface area contributed by atoms with E-state index in [0.717, 1.165) is 23.7 Å². The van der Waals surface area contributed by atoms with Gasteiger partial charge in [0, 0.05) is 31.6 Å². The zero-order valence-corrected chi connectivity index (χ0v) is 17.6. The highest BCUT2D eigenvalue weighted by atomic mass is 127. The molecule has 0 atom stereocenters. The van der Waals surface area contributed by atoms with Crippen LogP contribution in [-0.4, -0.2) is 43.3 Å². The van der Waals surface area contributed by atoms with Crippen molar-refractivity contribution in [1.29, 1.82) is 0 Å². The second kappa shape index (κ2) is 11.1. The fourth-order valence-electron chi connectivity index (χ4n) is 2.12. The van der Waals surface area contributed by atoms with Crippen LogP contribution in [0.15, 0.2) is 27.7 Å². The Hall–Kier alpha value is -1.55. The van der Waals surface area contributed by atoms with Crippen molar-refractivity contribution in [3.8, 4) is 5.75 Å². The maximum atomic E-state index is 6.23. The molecule has 0 saturated heterocycles. The number of hydrogen-bond acceptors (Lipinski definition) is 5. The topological polar surface area (TPSA) is 84.6 Å². The van der Waals surface area contributed by atoms with E-state index in [4.69, 9.17) is 20.9 Å². The number of nitrogens with zero attached hydrogens (tertiary/aromatic N) is 3. The van der Waals surface area contributed by atoms with Crippen LogP contribution in [0.5, 0.6) is 5.75 Å². The van der Waals surface area contributed by atoms with Gasteiger partial charge < -0.3 is 19.9 Å². The first-order chi connectivity index (χ1) is 11.6. The molecule has 25 heavy (non-hydrogen) atoms. The summed E-state index contributed by atoms with van der Waals surface area (Å²) in [6, 6.07) is 5.69. The number of aryl methyl sites for hydroxylation is 1. The number of aromatic nitrogens is 2. The van der Waals surface area contributed by atoms with Gasteiger partial charge in [-0.15, -0.1) is 24.0 Å². The molecule has 0 fully saturated rings. The molecule has 1 aromatic heterocycles. The Labute approximate surface area is 169 Å². The molecule has 9 heteroatoms. The minimum atomic E-state index is 0. The van der Waals surface area contributed by atoms with Crippen LogP contribution in [0.1, 0.15) is 17.3 Å². The molecule has 1 aromatic carbocycles. The normalized spacial score (nSPS) is 11.0. The van der Waals surface area contributed by atoms with E-state index in [1.165, 1.54) is 0 Å². The minimum Gasteiger partial charge on any atom is -0.497 e. The standard InChI is InChI=1S/C16H22ClN5O2.HI/c1-11-21-15(24-22-11)7-9-20-16(18-2)19-8-6-12-4-5-13(23-3)10-14(12)17;/h4-5,10H,6-9H2,1-3H3,(H2,18,19,20);1H. The average molecular weight is 480 g/mol. The zero-order chi connectivity index (χ0) is 17.4. The third-order valence-electron chi connectivity index (χ3n) is 3.37. The summed E-state index contributed by atoms with van der Waals surface area (Å²) < 4.78 is 10.2. The fraction of sp³-hybridized carbons (Fsp3) is 0.438. The van der Waals surface area contributed by atoms with Crippen LogP contribution in [0.25, 0.3) is 0 Å². The second-order valence-corrected chi connectivity index (χ2v) is 5.53. The summed E-state index contributed by atoms with van der Waals surface area (Å²) >= 11 is 6.23. The number of nitrogens with one attached hydrogen (secondary N) is 2. The first kappa shape index (κ1) is 21.5. The Morgan fingerprint density at radius 3 is 2.56 bits per heavy atom. The van der Waals surface area contributed by atoms with E-state index < -0.39 is 0 Å². The molecule has 0 saturated carbocycles. The van der Waals surface area contributed by atoms with Crippen molar-refractivity contribution in [3.05, 3.63) is 40.5 Å². The smallest absolute Gasteiger partial charge is 0.228 e. The van der Waals surface area contributed by atoms with E-state index in [9.17, 15) is 0 Å². The number of benzene rings is 1. The van der Waals surface area contributed by atoms with Gasteiger partial charge in [-0.25, -0.2) is 0 Å². The van der Waals surface area contributed by atoms with Crippen LogP contribution >= 0.6 is 35.6 Å². The van der Waals surface area contributed by atoms with Crippen molar-refractivity contribution in [2.75, 3.05) is 27.2 Å². The average Bonchev–Trinajstić information content (AvgIpc) is 3.00. The van der Waals surface area contributed by atoms with Gasteiger partial charge in [-0.2, -0.15) is 4.98 Å². The van der Waals surface area contributed by atoms with E-state index in [0.29, 0.717) is 36.2 Å². The van der Waals surface area contributed by atoms with Crippen molar-refractivity contribution < 1.29 is 9.26 Å². The molecule has 2 N–H and O–H groups in total. The van der Waals surface area contributed by atoms with Crippen molar-refractivity contribution in [2.24, 2.45) is 4.99 Å². The summed E-state index contributed by atoms with van der Waals surface area (Å²) in [6.45, 7) is 3.17. The fourth-order valence-corrected chi connectivity index (χ4v) is 2.39. The first-order valence-corrected chi connectivity index (χ1v) is 8.06. The van der Waals surface area contributed by atoms with Crippen LogP contribution in [0, 0.1) is 6.92 Å². The molecule has 0 aliphatic rings. The number of aliphatic imine (C=N–C) groups is 1. The summed E-state index contributed by atoms with van der Waals surface area (Å²) in [6.07, 6.45) is 1.43. The summed E-state index contributed by atoms with van der Waals surface area (Å²) in [5, 5.41) is 10.9. The van der Waals surface area contributed by atoms with Gasteiger partial charge >= 0.3 is 0 Å². The van der Waals surface area contributed by atoms with Gasteiger partial charge in [0.2, 0.25) is 5.89 Å². The molecule has 1 heterocycles. The van der Waals surface area contributed by atoms with Crippen LogP contribution in [0.2, 0.25) is 5.02 Å². The van der Waals surface area contributed by atoms with Crippen LogP contribution < -0.4 is 15.4 Å². The van der Waals surface area contributed by atoms with Gasteiger partial charge in [0.15, 0.2) is 11.8 Å². The number of halogens is 2. The Balaban J connectivity index is 0.00000312. The Morgan fingerprint density at radius 2 is 2.00 bits per heavy atom. The van der Waals surface area contributed by atoms with Crippen LogP contribution in [0.3, 0.4) is 0 Å². The number of hydrogen-bond donors (Lipinski definition) is 2. The third-order valence-corrected chi connectivity index (χ3v) is 3.72. The number of ether oxygens (including phenoxy) is 1. The highest BCUT2D eigenvalue weighted by Gasteiger charge is 2.05. The lowest BCUT2D eigenvalue weighted by molar-refractivity contribution is 0.374. The van der Waals surface area contributed by atoms with Gasteiger partial charge in [-0.3, -0.25) is 4.99 Å². The molecule has 0 amide bonds. The van der Waals surface area contributed by atoms with Gasteiger partial charge in [0.05, 0.1) is 7.11 Å². The van der Waals surface area contributed by atoms with E-state index in [1.807, 2.05) is 18.2 Å². The quantitative estimate of drug-likeness (QED) is 0.361. The maximum absolute atomic E-state index is 6.23. The van der Waals surface area contributed by atoms with Gasteiger partial charge in [0.1, 0.15) is 5.75 Å². The molecule has 0 spiro atoms. The molecule has 2 rings (SSSR count). The van der Waals surface area contributed by atoms with Crippen LogP contribution in [-0.2, 0) is 12.8 Å². The predicted molar refractivity (Wildman–Crippen MR) is 109 cm³/mol. The molecule has 2 aromatic rings. The molecular formula is C16H23ClIN5O2. The molecule has 0 aliphatic carbocycles. The first-order valence-electron chi connectivity index (χ1n) is 7.68. The lowest BCUT2D eigenvalue weighted by Gasteiger charge is -2.12. The van der Waals surface area contributed by atoms with E-state index in [1.54, 1.807) is 21.1 Å². The summed E-state index contributed by atoms with van der Waals surface area (Å²) in [4.78, 5) is 8.34. The predicted octanol–water partition coefficient (Wildman–Crippen LogP) is 2.61. The SMILES string of the molecule is CN=C(NCCc1nc(C)no1)NCCc1ccc(OC)cc1Cl.I. The number of rotatable bonds is 7. The maximum Gasteiger partial charge on any atom is 0.228 e. The Morgan fingerprint density at radius 1 is 1.28 bits per heavy atom. The highest BCUT2D eigenvalue weighted by Crippen LogP contribution is 2.22. The minimum absolute atomic E-state index is 0.